The van der Waals surface area contributed by atoms with Crippen LogP contribution in [0.1, 0.15) is 118 Å². The molecule has 0 aliphatic heterocycles. The van der Waals surface area contributed by atoms with Crippen LogP contribution in [0, 0.1) is 29.7 Å². The van der Waals surface area contributed by atoms with Gasteiger partial charge >= 0.3 is 0 Å². The van der Waals surface area contributed by atoms with Crippen LogP contribution in [-0.4, -0.2) is 15.9 Å². The van der Waals surface area contributed by atoms with Gasteiger partial charge in [0.2, 0.25) is 0 Å². The van der Waals surface area contributed by atoms with Crippen LogP contribution < -0.4 is 0 Å². The summed E-state index contributed by atoms with van der Waals surface area (Å²) in [5.74, 6) is 0.950. The first kappa shape index (κ1) is 42.3. The summed E-state index contributed by atoms with van der Waals surface area (Å²) in [5, 5.41) is 17.6. The minimum atomic E-state index is -0.337. The van der Waals surface area contributed by atoms with Crippen LogP contribution in [0.4, 0.5) is 0 Å². The third-order valence-electron chi connectivity index (χ3n) is 11.3. The molecular formula is C45H56IrNO2S3-. The number of ketones is 1. The van der Waals surface area contributed by atoms with Crippen molar-refractivity contribution in [1.29, 1.82) is 0 Å². The second-order valence-corrected chi connectivity index (χ2v) is 19.2. The molecule has 281 valence electrons. The maximum atomic E-state index is 12.2. The number of benzene rings is 2. The molecule has 0 aliphatic rings. The second-order valence-electron chi connectivity index (χ2n) is 16.1. The Labute approximate surface area is 337 Å². The number of aliphatic hydroxyl groups is 1. The number of fused-ring (bicyclic) bond motifs is 6. The number of carbonyl (C=O) groups is 1. The van der Waals surface area contributed by atoms with E-state index in [-0.39, 0.29) is 47.9 Å². The zero-order valence-electron chi connectivity index (χ0n) is 33.1. The fourth-order valence-electron chi connectivity index (χ4n) is 6.65. The number of carbonyl (C=O) groups excluding carboxylic acids is 1. The minimum Gasteiger partial charge on any atom is -0.512 e. The SMILES string of the molecule is CCC(C)(CC)C(=O)/C=C(\O)C(C)(CC)CC.Cc1c(CC(C)C)sc2c1ccc1sc3c(-c4[c-]c5ccsc5c(C(C)(C)C)c4)nccc3c12.[Ir]. The normalized spacial score (nSPS) is 12.9. The van der Waals surface area contributed by atoms with Gasteiger partial charge in [-0.2, -0.15) is 11.3 Å². The van der Waals surface area contributed by atoms with E-state index in [1.54, 1.807) is 0 Å². The standard InChI is InChI=1S/C30H28NS3.C15H28O2.Ir/c1-16(2)13-24-17(3)20-7-8-23-25(28(20)34-24)21-9-11-31-26(29(21)33-23)19-14-18-10-12-32-27(18)22(15-19)30(4,5)6;1-7-14(5,8-2)12(16)11-13(17)15(6,9-3)10-4;/h7-12,15-16H,13H2,1-6H3;11,16H,7-10H2,1-6H3;/q-1;;/b;12-11-;. The van der Waals surface area contributed by atoms with E-state index >= 15 is 0 Å². The molecular weight excluding hydrogens is 875 g/mol. The summed E-state index contributed by atoms with van der Waals surface area (Å²) in [5.41, 5.74) is 4.45. The molecule has 0 fully saturated rings. The average molecular weight is 931 g/mol. The molecule has 0 bridgehead atoms. The largest absolute Gasteiger partial charge is 0.512 e. The van der Waals surface area contributed by atoms with Crippen LogP contribution in [0.2, 0.25) is 0 Å². The quantitative estimate of drug-likeness (QED) is 0.0846. The molecule has 7 heteroatoms. The van der Waals surface area contributed by atoms with Crippen molar-refractivity contribution in [2.75, 3.05) is 0 Å². The summed E-state index contributed by atoms with van der Waals surface area (Å²) < 4.78 is 5.39. The number of allylic oxidation sites excluding steroid dienone is 2. The molecule has 4 aromatic heterocycles. The van der Waals surface area contributed by atoms with Gasteiger partial charge in [0.1, 0.15) is 5.76 Å². The molecule has 0 unspecified atom stereocenters. The van der Waals surface area contributed by atoms with Gasteiger partial charge in [-0.25, -0.2) is 0 Å². The summed E-state index contributed by atoms with van der Waals surface area (Å²) in [6, 6.07) is 15.1. The van der Waals surface area contributed by atoms with Crippen LogP contribution >= 0.6 is 34.0 Å². The number of hydrogen-bond acceptors (Lipinski definition) is 6. The van der Waals surface area contributed by atoms with E-state index in [4.69, 9.17) is 4.98 Å². The number of aliphatic hydroxyl groups excluding tert-OH is 1. The van der Waals surface area contributed by atoms with Gasteiger partial charge in [-0.3, -0.25) is 9.78 Å². The van der Waals surface area contributed by atoms with Crippen molar-refractivity contribution in [2.45, 2.75) is 121 Å². The number of rotatable bonds is 10. The van der Waals surface area contributed by atoms with Crippen molar-refractivity contribution in [1.82, 2.24) is 4.98 Å². The third kappa shape index (κ3) is 8.15. The fourth-order valence-corrected chi connectivity index (χ4v) is 10.6. The van der Waals surface area contributed by atoms with Crippen molar-refractivity contribution < 1.29 is 30.0 Å². The Hall–Kier alpha value is -2.41. The molecule has 3 nitrogen and oxygen atoms in total. The number of pyridine rings is 1. The van der Waals surface area contributed by atoms with Crippen LogP contribution in [-0.2, 0) is 36.7 Å². The van der Waals surface area contributed by atoms with Gasteiger partial charge in [0.15, 0.2) is 5.78 Å². The van der Waals surface area contributed by atoms with Gasteiger partial charge < -0.3 is 5.11 Å². The Balaban J connectivity index is 0.000000289. The Morgan fingerprint density at radius 1 is 0.885 bits per heavy atom. The number of nitrogens with zero attached hydrogens (tertiary/aromatic N) is 1. The molecule has 0 aliphatic carbocycles. The van der Waals surface area contributed by atoms with Gasteiger partial charge in [-0.05, 0) is 88.9 Å². The molecule has 0 atom stereocenters. The Morgan fingerprint density at radius 3 is 2.13 bits per heavy atom. The monoisotopic (exact) mass is 931 g/mol. The predicted molar refractivity (Wildman–Crippen MR) is 227 cm³/mol. The first-order valence-corrected chi connectivity index (χ1v) is 21.1. The van der Waals surface area contributed by atoms with Crippen molar-refractivity contribution in [3.8, 4) is 11.3 Å². The van der Waals surface area contributed by atoms with Gasteiger partial charge in [-0.1, -0.05) is 93.4 Å². The average Bonchev–Trinajstić information content (AvgIpc) is 3.81. The fraction of sp³-hybridized carbons (Fsp3) is 0.467. The molecule has 0 amide bonds. The van der Waals surface area contributed by atoms with Crippen molar-refractivity contribution in [3.63, 3.8) is 0 Å². The smallest absolute Gasteiger partial charge is 0.164 e. The second kappa shape index (κ2) is 16.5. The number of aryl methyl sites for hydroxylation is 1. The van der Waals surface area contributed by atoms with E-state index in [0.29, 0.717) is 5.92 Å². The molecule has 6 aromatic rings. The maximum absolute atomic E-state index is 12.2. The summed E-state index contributed by atoms with van der Waals surface area (Å²) in [6.07, 6.45) is 7.89. The minimum absolute atomic E-state index is 0. The van der Waals surface area contributed by atoms with Gasteiger partial charge in [-0.15, -0.1) is 46.3 Å². The van der Waals surface area contributed by atoms with Crippen LogP contribution in [0.3, 0.4) is 0 Å². The molecule has 2 aromatic carbocycles. The summed E-state index contributed by atoms with van der Waals surface area (Å²) in [7, 11) is 0. The Morgan fingerprint density at radius 2 is 1.54 bits per heavy atom. The summed E-state index contributed by atoms with van der Waals surface area (Å²) >= 11 is 5.68. The first-order chi connectivity index (χ1) is 24.0. The van der Waals surface area contributed by atoms with E-state index in [9.17, 15) is 9.90 Å². The molecule has 1 radical (unpaired) electrons. The Kier molecular flexibility index (Phi) is 13.5. The van der Waals surface area contributed by atoms with E-state index in [0.717, 1.165) is 43.4 Å². The van der Waals surface area contributed by atoms with Crippen LogP contribution in [0.5, 0.6) is 0 Å². The zero-order valence-corrected chi connectivity index (χ0v) is 37.9. The number of hydrogen-bond donors (Lipinski definition) is 1. The van der Waals surface area contributed by atoms with Gasteiger partial charge in [0, 0.05) is 73.3 Å². The molecule has 0 spiro atoms. The first-order valence-electron chi connectivity index (χ1n) is 18.6. The van der Waals surface area contributed by atoms with Crippen molar-refractivity contribution in [2.24, 2.45) is 16.7 Å². The van der Waals surface area contributed by atoms with E-state index < -0.39 is 0 Å². The molecule has 4 heterocycles. The van der Waals surface area contributed by atoms with Crippen molar-refractivity contribution >= 4 is 80.1 Å². The Bertz CT molecular complexity index is 2220. The van der Waals surface area contributed by atoms with Crippen molar-refractivity contribution in [3.05, 3.63) is 75.8 Å². The molecule has 6 rings (SSSR count). The predicted octanol–water partition coefficient (Wildman–Crippen LogP) is 14.8. The molecule has 1 N–H and O–H groups in total. The zero-order chi connectivity index (χ0) is 37.5. The van der Waals surface area contributed by atoms with Gasteiger partial charge in [0.05, 0.1) is 0 Å². The number of aromatic nitrogens is 1. The number of thiophene rings is 3. The van der Waals surface area contributed by atoms with E-state index in [1.165, 1.54) is 62.4 Å². The van der Waals surface area contributed by atoms with Gasteiger partial charge in [0.25, 0.3) is 0 Å². The third-order valence-corrected chi connectivity index (χ3v) is 14.8. The van der Waals surface area contributed by atoms with Crippen LogP contribution in [0.25, 0.3) is 51.6 Å². The van der Waals surface area contributed by atoms with E-state index in [2.05, 4.69) is 83.3 Å². The van der Waals surface area contributed by atoms with Crippen LogP contribution in [0.15, 0.2) is 53.7 Å². The molecule has 0 saturated heterocycles. The topological polar surface area (TPSA) is 50.2 Å². The summed E-state index contributed by atoms with van der Waals surface area (Å²) in [4.78, 5) is 18.6. The maximum Gasteiger partial charge on any atom is 0.164 e. The van der Waals surface area contributed by atoms with E-state index in [1.807, 2.05) is 81.7 Å². The molecule has 52 heavy (non-hydrogen) atoms. The molecule has 0 saturated carbocycles. The summed E-state index contributed by atoms with van der Waals surface area (Å²) in [6.45, 7) is 25.9.